The SMILES string of the molecule is C/C1=C2/[N-][C@H]([C@H](CC(N)=O)[C@@]2(C)CCC(=O)NC[C@@H](C)OP(=O)([O-])O[C@H]2[C@@H](O)[C@@H](n3cnc4cc(C)c(C)cc43)O[C@@H]2CO)[C@]2(C)N=C(/C(C)=C3N=C(/C=C4N=C1[C@@H](CCC(N)=O)C\4(C)C)[C@@H](CCC(N)=O)[C@]\3(C)CC(N)=O)[C@@H](CCC(N)=O)[C@]2(C)CC(N)=O.[Co+3].[OH-]. The van der Waals surface area contributed by atoms with Gasteiger partial charge in [0.2, 0.25) is 41.4 Å². The zero-order valence-electron chi connectivity index (χ0n) is 53.9. The molecular formula is C62H89CoN13O15P. The number of rotatable bonds is 26. The average molecular weight is 1350 g/mol. The molecule has 2 fully saturated rings. The minimum absolute atomic E-state index is 0. The van der Waals surface area contributed by atoms with Crippen molar-refractivity contribution in [2.45, 2.75) is 189 Å². The summed E-state index contributed by atoms with van der Waals surface area (Å²) in [5.41, 5.74) is 36.7. The van der Waals surface area contributed by atoms with Crippen LogP contribution in [0.3, 0.4) is 0 Å². The van der Waals surface area contributed by atoms with Gasteiger partial charge in [-0.1, -0.05) is 40.7 Å². The normalized spacial score (nSPS) is 33.5. The van der Waals surface area contributed by atoms with Crippen molar-refractivity contribution in [2.24, 2.45) is 94.7 Å². The van der Waals surface area contributed by atoms with Crippen LogP contribution >= 0.6 is 7.82 Å². The number of primary amides is 6. The Morgan fingerprint density at radius 2 is 1.38 bits per heavy atom. The van der Waals surface area contributed by atoms with Crippen LogP contribution in [0.2, 0.25) is 0 Å². The number of nitrogens with two attached hydrogens (primary N) is 6. The maximum Gasteiger partial charge on any atom is 3.00 e. The molecule has 15 atom stereocenters. The van der Waals surface area contributed by atoms with Crippen molar-refractivity contribution in [1.29, 1.82) is 0 Å². The van der Waals surface area contributed by atoms with E-state index >= 15 is 0 Å². The molecule has 92 heavy (non-hydrogen) atoms. The van der Waals surface area contributed by atoms with E-state index in [2.05, 4.69) is 10.3 Å². The van der Waals surface area contributed by atoms with Crippen LogP contribution in [0.15, 0.2) is 67.8 Å². The Kier molecular flexibility index (Phi) is 22.5. The Morgan fingerprint density at radius 3 is 1.96 bits per heavy atom. The molecule has 2 aromatic rings. The second-order valence-electron chi connectivity index (χ2n) is 27.0. The van der Waals surface area contributed by atoms with Gasteiger partial charge in [-0.05, 0) is 119 Å². The molecule has 16 N–H and O–H groups in total. The molecule has 8 rings (SSSR count). The monoisotopic (exact) mass is 1350 g/mol. The first-order chi connectivity index (χ1) is 41.8. The van der Waals surface area contributed by atoms with E-state index in [-0.39, 0.29) is 99.4 Å². The number of allylic oxidation sites excluding steroid dienone is 6. The Labute approximate surface area is 545 Å². The summed E-state index contributed by atoms with van der Waals surface area (Å²) in [5.74, 6) is -7.40. The van der Waals surface area contributed by atoms with Crippen molar-refractivity contribution in [2.75, 3.05) is 13.2 Å². The van der Waals surface area contributed by atoms with E-state index in [1.54, 1.807) is 6.92 Å². The Bertz CT molecular complexity index is 3550. The van der Waals surface area contributed by atoms with Gasteiger partial charge in [0.1, 0.15) is 18.3 Å². The van der Waals surface area contributed by atoms with Gasteiger partial charge in [-0.2, -0.15) is 5.70 Å². The minimum Gasteiger partial charge on any atom is -0.870 e. The number of nitrogens with one attached hydrogen (secondary N) is 1. The van der Waals surface area contributed by atoms with Crippen molar-refractivity contribution in [3.63, 3.8) is 0 Å². The molecule has 28 nitrogen and oxygen atoms in total. The van der Waals surface area contributed by atoms with E-state index in [0.29, 0.717) is 56.4 Å². The molecule has 0 aliphatic carbocycles. The van der Waals surface area contributed by atoms with Gasteiger partial charge < -0.3 is 84.0 Å². The summed E-state index contributed by atoms with van der Waals surface area (Å²) in [6.45, 7) is 19.0. The summed E-state index contributed by atoms with van der Waals surface area (Å²) < 4.78 is 31.9. The van der Waals surface area contributed by atoms with Crippen LogP contribution in [0.25, 0.3) is 16.4 Å². The molecule has 8 bridgehead atoms. The molecule has 6 aliphatic heterocycles. The first-order valence-corrected chi connectivity index (χ1v) is 32.0. The van der Waals surface area contributed by atoms with Crippen molar-refractivity contribution >= 4 is 77.3 Å². The van der Waals surface area contributed by atoms with Crippen molar-refractivity contribution in [3.05, 3.63) is 69.2 Å². The topological polar surface area (TPSA) is 495 Å². The zero-order chi connectivity index (χ0) is 66.7. The number of aliphatic imine (C=N–C) groups is 3. The van der Waals surface area contributed by atoms with E-state index in [1.807, 2.05) is 80.5 Å². The Morgan fingerprint density at radius 1 is 0.793 bits per heavy atom. The smallest absolute Gasteiger partial charge is 0.870 e. The first kappa shape index (κ1) is 74.5. The van der Waals surface area contributed by atoms with E-state index in [9.17, 15) is 53.2 Å². The largest absolute Gasteiger partial charge is 3.00 e. The molecule has 2 saturated heterocycles. The van der Waals surface area contributed by atoms with Crippen molar-refractivity contribution in [1.82, 2.24) is 14.9 Å². The molecule has 1 aromatic heterocycles. The summed E-state index contributed by atoms with van der Waals surface area (Å²) in [6, 6.07) is 2.65. The number of aliphatic hydroxyl groups is 2. The predicted octanol–water partition coefficient (Wildman–Crippen LogP) is 3.14. The maximum absolute atomic E-state index is 14.4. The van der Waals surface area contributed by atoms with Crippen LogP contribution in [-0.2, 0) is 68.7 Å². The fraction of sp³-hybridized carbons (Fsp3) is 0.629. The van der Waals surface area contributed by atoms with Gasteiger partial charge in [-0.3, -0.25) is 53.1 Å². The third-order valence-electron chi connectivity index (χ3n) is 20.5. The molecule has 6 aliphatic rings. The molecule has 7 amide bonds. The number of aryl methyl sites for hydroxylation is 2. The third-order valence-corrected chi connectivity index (χ3v) is 21.6. The van der Waals surface area contributed by atoms with Gasteiger partial charge in [0.25, 0.3) is 7.82 Å². The molecule has 1 aromatic carbocycles. The first-order valence-electron chi connectivity index (χ1n) is 30.5. The molecular weight excluding hydrogens is 1260 g/mol. The number of aliphatic hydroxyl groups excluding tert-OH is 2. The number of nitrogens with zero attached hydrogens (tertiary/aromatic N) is 6. The number of carbonyl (C=O) groups is 7. The number of phosphoric ester groups is 1. The van der Waals surface area contributed by atoms with E-state index in [4.69, 9.17) is 68.5 Å². The molecule has 30 heteroatoms. The summed E-state index contributed by atoms with van der Waals surface area (Å²) in [4.78, 5) is 128. The number of amides is 7. The van der Waals surface area contributed by atoms with Crippen LogP contribution in [0, 0.1) is 59.2 Å². The molecule has 0 saturated carbocycles. The van der Waals surface area contributed by atoms with Crippen LogP contribution in [0.4, 0.5) is 0 Å². The van der Waals surface area contributed by atoms with Crippen molar-refractivity contribution in [3.8, 4) is 0 Å². The van der Waals surface area contributed by atoms with E-state index in [0.717, 1.165) is 11.1 Å². The number of fused-ring (bicyclic) bond motifs is 7. The fourth-order valence-corrected chi connectivity index (χ4v) is 16.4. The van der Waals surface area contributed by atoms with Gasteiger partial charge >= 0.3 is 16.8 Å². The molecule has 506 valence electrons. The summed E-state index contributed by atoms with van der Waals surface area (Å²) in [7, 11) is -5.32. The van der Waals surface area contributed by atoms with E-state index in [1.165, 1.54) is 17.8 Å². The number of imidazole rings is 1. The van der Waals surface area contributed by atoms with E-state index < -0.39 is 143 Å². The third kappa shape index (κ3) is 14.1. The summed E-state index contributed by atoms with van der Waals surface area (Å²) >= 11 is 0. The number of phosphoric acid groups is 1. The van der Waals surface area contributed by atoms with Crippen LogP contribution in [0.1, 0.15) is 150 Å². The second kappa shape index (κ2) is 27.8. The molecule has 0 spiro atoms. The maximum atomic E-state index is 14.4. The second-order valence-corrected chi connectivity index (χ2v) is 28.3. The van der Waals surface area contributed by atoms with Crippen molar-refractivity contribution < 1.29 is 89.3 Å². The number of hydrogen-bond donors (Lipinski definition) is 9. The average Bonchev–Trinajstić information content (AvgIpc) is 1.53. The number of hydrogen-bond acceptors (Lipinski definition) is 19. The summed E-state index contributed by atoms with van der Waals surface area (Å²) in [5, 5.41) is 30.1. The Balaban J connectivity index is 0.00000672. The number of aromatic nitrogens is 2. The zero-order valence-corrected chi connectivity index (χ0v) is 55.9. The van der Waals surface area contributed by atoms with Gasteiger partial charge in [-0.15, -0.1) is 0 Å². The van der Waals surface area contributed by atoms with Gasteiger partial charge in [-0.25, -0.2) is 4.98 Å². The Hall–Kier alpha value is -6.53. The van der Waals surface area contributed by atoms with Gasteiger partial charge in [0.05, 0.1) is 41.3 Å². The molecule has 0 radical (unpaired) electrons. The number of ether oxygens (including phenoxy) is 1. The van der Waals surface area contributed by atoms with Crippen LogP contribution < -0.4 is 44.6 Å². The number of carbonyl (C=O) groups excluding carboxylic acids is 7. The minimum atomic E-state index is -5.32. The standard InChI is InChI=1S/C62H90N13O14P.Co.H2O/c1-29-20-39-40(21-30(29)2)75(28-70-39)57-52(84)53(41(27-76)87-57)89-90(85,86)88-31(3)26-69-49(83)18-19-59(8)37(22-46(66)80)56-62(11)61(10,25-48(68)82)36(14-17-45(65)79)51(74-62)33(5)55-60(9,24-47(67)81)34(12-15-43(63)77)38(71-55)23-42-58(6,7)35(13-16-44(64)78)50(72-42)32(4)54(59)73-56;;/h20-21,23,28,31,34-37,41,52-53,56-57,76,84H,12-19,22,24-27H2,1-11H3,(H15,63,64,65,66,67,68,69,71,72,73,74,77,78,79,80,81,82,83,85,86);;1H2/q;+3;/p-3/t31-,34-,35-,36-,37+,41-,52-,53-,56-,57+,59-,60+,61+,62+;;/m1../s1. The molecule has 1 unspecified atom stereocenters. The quantitative estimate of drug-likeness (QED) is 0.0611. The van der Waals surface area contributed by atoms with Gasteiger partial charge in [0, 0.05) is 108 Å². The van der Waals surface area contributed by atoms with Crippen LogP contribution in [0.5, 0.6) is 0 Å². The summed E-state index contributed by atoms with van der Waals surface area (Å²) in [6.07, 6.45) is -4.79. The van der Waals surface area contributed by atoms with Crippen LogP contribution in [-0.4, -0.2) is 133 Å². The fourth-order valence-electron chi connectivity index (χ4n) is 15.3. The predicted molar refractivity (Wildman–Crippen MR) is 334 cm³/mol. The number of benzene rings is 1. The molecule has 7 heterocycles. The van der Waals surface area contributed by atoms with Gasteiger partial charge in [0.15, 0.2) is 6.23 Å².